The Kier molecular flexibility index (Phi) is 8.26. The van der Waals surface area contributed by atoms with Crippen molar-refractivity contribution in [3.8, 4) is 0 Å². The van der Waals surface area contributed by atoms with Crippen molar-refractivity contribution in [2.45, 2.75) is 6.42 Å². The van der Waals surface area contributed by atoms with Crippen molar-refractivity contribution in [2.75, 3.05) is 52.9 Å². The lowest BCUT2D eigenvalue weighted by Crippen LogP contribution is -2.35. The summed E-state index contributed by atoms with van der Waals surface area (Å²) in [6, 6.07) is 1.78. The maximum Gasteiger partial charge on any atom is 0.257 e. The van der Waals surface area contributed by atoms with Crippen LogP contribution in [-0.4, -0.2) is 63.4 Å². The maximum atomic E-state index is 12.7. The molecule has 1 aromatic rings. The third-order valence-corrected chi connectivity index (χ3v) is 3.38. The molecule has 0 atom stereocenters. The van der Waals surface area contributed by atoms with E-state index in [1.54, 1.807) is 38.4 Å². The van der Waals surface area contributed by atoms with Crippen LogP contribution < -0.4 is 5.32 Å². The Hall–Kier alpha value is -1.18. The third kappa shape index (κ3) is 5.61. The summed E-state index contributed by atoms with van der Waals surface area (Å²) >= 11 is 3.35. The summed E-state index contributed by atoms with van der Waals surface area (Å²) in [5.41, 5.74) is 0.542. The van der Waals surface area contributed by atoms with Crippen LogP contribution in [0.15, 0.2) is 16.7 Å². The van der Waals surface area contributed by atoms with E-state index in [0.717, 1.165) is 10.9 Å². The van der Waals surface area contributed by atoms with Gasteiger partial charge in [-0.05, 0) is 28.4 Å². The number of halogens is 1. The number of carbonyl (C=O) groups is 1. The number of amides is 1. The summed E-state index contributed by atoms with van der Waals surface area (Å²) in [6.45, 7) is 2.27. The van der Waals surface area contributed by atoms with E-state index in [9.17, 15) is 4.79 Å². The fourth-order valence-electron chi connectivity index (χ4n) is 1.89. The Bertz CT molecular complexity index is 457. The predicted octanol–water partition coefficient (Wildman–Crippen LogP) is 2.01. The number of nitrogens with one attached hydrogen (secondary N) is 1. The standard InChI is InChI=1S/C14H22BrN3O3/c1-16-13-12(9-11(15)10-17-13)14(19)18(6-8-21-3)5-4-7-20-2/h9-10H,4-8H2,1-3H3,(H,16,17). The molecule has 0 aliphatic heterocycles. The van der Waals surface area contributed by atoms with Crippen LogP contribution in [0.1, 0.15) is 16.8 Å². The van der Waals surface area contributed by atoms with Crippen molar-refractivity contribution in [3.05, 3.63) is 22.3 Å². The minimum absolute atomic E-state index is 0.0682. The van der Waals surface area contributed by atoms with Crippen LogP contribution in [0.2, 0.25) is 0 Å². The molecule has 1 aromatic heterocycles. The molecule has 6 nitrogen and oxygen atoms in total. The van der Waals surface area contributed by atoms with Crippen molar-refractivity contribution in [1.29, 1.82) is 0 Å². The fraction of sp³-hybridized carbons (Fsp3) is 0.571. The average Bonchev–Trinajstić information content (AvgIpc) is 2.50. The second kappa shape index (κ2) is 9.70. The number of hydrogen-bond acceptors (Lipinski definition) is 5. The van der Waals surface area contributed by atoms with Gasteiger partial charge in [0.2, 0.25) is 0 Å². The van der Waals surface area contributed by atoms with Crippen LogP contribution >= 0.6 is 15.9 Å². The zero-order chi connectivity index (χ0) is 15.7. The number of ether oxygens (including phenoxy) is 2. The Morgan fingerprint density at radius 3 is 2.67 bits per heavy atom. The lowest BCUT2D eigenvalue weighted by molar-refractivity contribution is 0.0674. The first kappa shape index (κ1) is 17.9. The molecule has 0 aliphatic rings. The molecule has 1 heterocycles. The smallest absolute Gasteiger partial charge is 0.257 e. The number of hydrogen-bond donors (Lipinski definition) is 1. The monoisotopic (exact) mass is 359 g/mol. The van der Waals surface area contributed by atoms with E-state index >= 15 is 0 Å². The van der Waals surface area contributed by atoms with Gasteiger partial charge in [0.05, 0.1) is 12.2 Å². The Morgan fingerprint density at radius 1 is 1.33 bits per heavy atom. The first-order valence-corrected chi connectivity index (χ1v) is 7.53. The van der Waals surface area contributed by atoms with Crippen LogP contribution in [0.4, 0.5) is 5.82 Å². The van der Waals surface area contributed by atoms with E-state index in [1.165, 1.54) is 0 Å². The van der Waals surface area contributed by atoms with E-state index < -0.39 is 0 Å². The SMILES string of the molecule is CNc1ncc(Br)cc1C(=O)N(CCCOC)CCOC. The number of methoxy groups -OCH3 is 2. The summed E-state index contributed by atoms with van der Waals surface area (Å²) in [6.07, 6.45) is 2.44. The Balaban J connectivity index is 2.89. The van der Waals surface area contributed by atoms with Gasteiger partial charge in [0.1, 0.15) is 5.82 Å². The first-order valence-electron chi connectivity index (χ1n) is 6.74. The lowest BCUT2D eigenvalue weighted by Gasteiger charge is -2.23. The van der Waals surface area contributed by atoms with Crippen molar-refractivity contribution >= 4 is 27.7 Å². The van der Waals surface area contributed by atoms with Gasteiger partial charge in [-0.1, -0.05) is 0 Å². The highest BCUT2D eigenvalue weighted by Gasteiger charge is 2.19. The summed E-state index contributed by atoms with van der Waals surface area (Å²) in [4.78, 5) is 18.7. The molecule has 0 saturated carbocycles. The summed E-state index contributed by atoms with van der Waals surface area (Å²) < 4.78 is 10.9. The molecule has 0 spiro atoms. The highest BCUT2D eigenvalue weighted by Crippen LogP contribution is 2.19. The molecule has 0 fully saturated rings. The number of rotatable bonds is 9. The molecular formula is C14H22BrN3O3. The molecule has 0 aromatic carbocycles. The van der Waals surface area contributed by atoms with Crippen molar-refractivity contribution in [3.63, 3.8) is 0 Å². The van der Waals surface area contributed by atoms with Gasteiger partial charge in [0, 0.05) is 51.6 Å². The topological polar surface area (TPSA) is 63.7 Å². The Labute approximate surface area is 134 Å². The number of aromatic nitrogens is 1. The van der Waals surface area contributed by atoms with E-state index in [-0.39, 0.29) is 5.91 Å². The minimum Gasteiger partial charge on any atom is -0.385 e. The molecule has 0 aliphatic carbocycles. The maximum absolute atomic E-state index is 12.7. The van der Waals surface area contributed by atoms with Crippen LogP contribution in [0.25, 0.3) is 0 Å². The van der Waals surface area contributed by atoms with Gasteiger partial charge in [0.15, 0.2) is 0 Å². The van der Waals surface area contributed by atoms with Crippen molar-refractivity contribution < 1.29 is 14.3 Å². The quantitative estimate of drug-likeness (QED) is 0.683. The molecule has 1 amide bonds. The highest BCUT2D eigenvalue weighted by molar-refractivity contribution is 9.10. The van der Waals surface area contributed by atoms with E-state index in [0.29, 0.717) is 37.7 Å². The molecule has 0 bridgehead atoms. The van der Waals surface area contributed by atoms with Gasteiger partial charge in [-0.2, -0.15) is 0 Å². The van der Waals surface area contributed by atoms with Crippen LogP contribution in [0, 0.1) is 0 Å². The molecular weight excluding hydrogens is 338 g/mol. The van der Waals surface area contributed by atoms with E-state index in [4.69, 9.17) is 9.47 Å². The molecule has 7 heteroatoms. The average molecular weight is 360 g/mol. The lowest BCUT2D eigenvalue weighted by atomic mass is 10.2. The molecule has 0 radical (unpaired) electrons. The minimum atomic E-state index is -0.0682. The summed E-state index contributed by atoms with van der Waals surface area (Å²) in [5.74, 6) is 0.499. The molecule has 1 rings (SSSR count). The normalized spacial score (nSPS) is 10.5. The van der Waals surface area contributed by atoms with Gasteiger partial charge >= 0.3 is 0 Å². The highest BCUT2D eigenvalue weighted by atomic mass is 79.9. The second-order valence-electron chi connectivity index (χ2n) is 4.43. The van der Waals surface area contributed by atoms with Crippen LogP contribution in [0.5, 0.6) is 0 Å². The zero-order valence-electron chi connectivity index (χ0n) is 12.7. The fourth-order valence-corrected chi connectivity index (χ4v) is 2.22. The van der Waals surface area contributed by atoms with E-state index in [2.05, 4.69) is 26.2 Å². The predicted molar refractivity (Wildman–Crippen MR) is 85.8 cm³/mol. The van der Waals surface area contributed by atoms with Crippen LogP contribution in [-0.2, 0) is 9.47 Å². The van der Waals surface area contributed by atoms with Crippen LogP contribution in [0.3, 0.4) is 0 Å². The molecule has 0 saturated heterocycles. The first-order chi connectivity index (χ1) is 10.1. The number of nitrogens with zero attached hydrogens (tertiary/aromatic N) is 2. The summed E-state index contributed by atoms with van der Waals surface area (Å²) in [5, 5.41) is 2.95. The molecule has 118 valence electrons. The Morgan fingerprint density at radius 2 is 2.05 bits per heavy atom. The molecule has 0 unspecified atom stereocenters. The third-order valence-electron chi connectivity index (χ3n) is 2.95. The van der Waals surface area contributed by atoms with E-state index in [1.807, 2.05) is 0 Å². The molecule has 21 heavy (non-hydrogen) atoms. The van der Waals surface area contributed by atoms with Crippen molar-refractivity contribution in [1.82, 2.24) is 9.88 Å². The van der Waals surface area contributed by atoms with Gasteiger partial charge in [-0.3, -0.25) is 4.79 Å². The molecule has 1 N–H and O–H groups in total. The van der Waals surface area contributed by atoms with Gasteiger partial charge in [0.25, 0.3) is 5.91 Å². The summed E-state index contributed by atoms with van der Waals surface area (Å²) in [7, 11) is 5.02. The largest absolute Gasteiger partial charge is 0.385 e. The van der Waals surface area contributed by atoms with Gasteiger partial charge < -0.3 is 19.7 Å². The van der Waals surface area contributed by atoms with Gasteiger partial charge in [-0.15, -0.1) is 0 Å². The number of carbonyl (C=O) groups excluding carboxylic acids is 1. The number of pyridine rings is 1. The number of anilines is 1. The zero-order valence-corrected chi connectivity index (χ0v) is 14.3. The second-order valence-corrected chi connectivity index (χ2v) is 5.35. The van der Waals surface area contributed by atoms with Gasteiger partial charge in [-0.25, -0.2) is 4.98 Å². The van der Waals surface area contributed by atoms with Crippen molar-refractivity contribution in [2.24, 2.45) is 0 Å².